The fourth-order valence-electron chi connectivity index (χ4n) is 2.65. The molecule has 6 heteroatoms. The van der Waals surface area contributed by atoms with Crippen LogP contribution in [0.2, 0.25) is 0 Å². The number of carbonyl (C=O) groups excluding carboxylic acids is 1. The molecular formula is C15H22N2O3S. The lowest BCUT2D eigenvalue weighted by molar-refractivity contribution is -0.124. The van der Waals surface area contributed by atoms with Gasteiger partial charge in [-0.15, -0.1) is 0 Å². The van der Waals surface area contributed by atoms with Gasteiger partial charge in [-0.05, 0) is 32.3 Å². The Kier molecular flexibility index (Phi) is 4.68. The number of nitrogens with zero attached hydrogens (tertiary/aromatic N) is 1. The fourth-order valence-corrected chi connectivity index (χ4v) is 3.77. The predicted octanol–water partition coefficient (Wildman–Crippen LogP) is 1.60. The lowest BCUT2D eigenvalue weighted by Gasteiger charge is -2.23. The lowest BCUT2D eigenvalue weighted by Crippen LogP contribution is -2.46. The number of hydrogen-bond donors (Lipinski definition) is 1. The topological polar surface area (TPSA) is 66.5 Å². The summed E-state index contributed by atoms with van der Waals surface area (Å²) in [5.74, 6) is -0.217. The Hall–Kier alpha value is -1.40. The van der Waals surface area contributed by atoms with Crippen molar-refractivity contribution in [3.05, 3.63) is 35.4 Å². The van der Waals surface area contributed by atoms with Gasteiger partial charge < -0.3 is 5.32 Å². The second-order valence-corrected chi connectivity index (χ2v) is 7.61. The third-order valence-electron chi connectivity index (χ3n) is 3.87. The highest BCUT2D eigenvalue weighted by atomic mass is 32.2. The molecule has 1 saturated heterocycles. The van der Waals surface area contributed by atoms with Crippen LogP contribution in [0.15, 0.2) is 24.3 Å². The van der Waals surface area contributed by atoms with E-state index in [2.05, 4.69) is 5.32 Å². The lowest BCUT2D eigenvalue weighted by atomic mass is 10.1. The quantitative estimate of drug-likeness (QED) is 0.918. The Morgan fingerprint density at radius 1 is 1.33 bits per heavy atom. The SMILES string of the molecule is Cc1ccc([C@H](C)NC(=O)[C@@H]2CCCN2S(C)(=O)=O)cc1. The van der Waals surface area contributed by atoms with E-state index in [-0.39, 0.29) is 11.9 Å². The van der Waals surface area contributed by atoms with Crippen molar-refractivity contribution < 1.29 is 13.2 Å². The maximum atomic E-state index is 12.3. The van der Waals surface area contributed by atoms with E-state index in [1.54, 1.807) is 0 Å². The van der Waals surface area contributed by atoms with E-state index in [4.69, 9.17) is 0 Å². The summed E-state index contributed by atoms with van der Waals surface area (Å²) in [6.07, 6.45) is 2.46. The van der Waals surface area contributed by atoms with Crippen LogP contribution in [-0.4, -0.2) is 37.5 Å². The van der Waals surface area contributed by atoms with Crippen LogP contribution in [0.5, 0.6) is 0 Å². The Morgan fingerprint density at radius 2 is 1.95 bits per heavy atom. The van der Waals surface area contributed by atoms with E-state index in [1.807, 2.05) is 38.1 Å². The largest absolute Gasteiger partial charge is 0.348 e. The molecule has 1 aromatic rings. The Bertz CT molecular complexity index is 610. The van der Waals surface area contributed by atoms with E-state index >= 15 is 0 Å². The van der Waals surface area contributed by atoms with Crippen molar-refractivity contribution in [3.63, 3.8) is 0 Å². The van der Waals surface area contributed by atoms with Gasteiger partial charge in [0.25, 0.3) is 0 Å². The first-order valence-electron chi connectivity index (χ1n) is 7.13. The van der Waals surface area contributed by atoms with Crippen LogP contribution in [-0.2, 0) is 14.8 Å². The van der Waals surface area contributed by atoms with Gasteiger partial charge in [-0.3, -0.25) is 4.79 Å². The number of sulfonamides is 1. The summed E-state index contributed by atoms with van der Waals surface area (Å²) in [4.78, 5) is 12.3. The molecule has 1 aliphatic rings. The second kappa shape index (κ2) is 6.15. The van der Waals surface area contributed by atoms with Crippen LogP contribution >= 0.6 is 0 Å². The average molecular weight is 310 g/mol. The van der Waals surface area contributed by atoms with Gasteiger partial charge in [0, 0.05) is 6.54 Å². The summed E-state index contributed by atoms with van der Waals surface area (Å²) in [5.41, 5.74) is 2.18. The highest BCUT2D eigenvalue weighted by molar-refractivity contribution is 7.88. The van der Waals surface area contributed by atoms with Gasteiger partial charge in [-0.25, -0.2) is 8.42 Å². The number of aryl methyl sites for hydroxylation is 1. The Balaban J connectivity index is 2.05. The van der Waals surface area contributed by atoms with E-state index in [0.29, 0.717) is 13.0 Å². The summed E-state index contributed by atoms with van der Waals surface area (Å²) in [6.45, 7) is 4.34. The van der Waals surface area contributed by atoms with E-state index in [1.165, 1.54) is 4.31 Å². The Labute approximate surface area is 126 Å². The summed E-state index contributed by atoms with van der Waals surface area (Å²) < 4.78 is 24.7. The first-order chi connectivity index (χ1) is 9.79. The number of amides is 1. The molecule has 0 radical (unpaired) electrons. The summed E-state index contributed by atoms with van der Waals surface area (Å²) in [5, 5.41) is 2.91. The number of hydrogen-bond acceptors (Lipinski definition) is 3. The molecule has 2 atom stereocenters. The molecule has 0 aromatic heterocycles. The molecule has 1 heterocycles. The molecule has 0 aliphatic carbocycles. The van der Waals surface area contributed by atoms with Gasteiger partial charge >= 0.3 is 0 Å². The minimum Gasteiger partial charge on any atom is -0.348 e. The summed E-state index contributed by atoms with van der Waals surface area (Å²) in [6, 6.07) is 7.23. The van der Waals surface area contributed by atoms with Crippen LogP contribution in [0.25, 0.3) is 0 Å². The number of rotatable bonds is 4. The van der Waals surface area contributed by atoms with Crippen molar-refractivity contribution in [2.45, 2.75) is 38.8 Å². The summed E-state index contributed by atoms with van der Waals surface area (Å²) in [7, 11) is -3.33. The van der Waals surface area contributed by atoms with Crippen molar-refractivity contribution in [3.8, 4) is 0 Å². The predicted molar refractivity (Wildman–Crippen MR) is 82.3 cm³/mol. The molecular weight excluding hydrogens is 288 g/mol. The average Bonchev–Trinajstić information content (AvgIpc) is 2.88. The highest BCUT2D eigenvalue weighted by Crippen LogP contribution is 2.22. The van der Waals surface area contributed by atoms with Gasteiger partial charge in [0.15, 0.2) is 0 Å². The fraction of sp³-hybridized carbons (Fsp3) is 0.533. The zero-order valence-electron chi connectivity index (χ0n) is 12.7. The maximum Gasteiger partial charge on any atom is 0.238 e. The molecule has 21 heavy (non-hydrogen) atoms. The Morgan fingerprint density at radius 3 is 2.52 bits per heavy atom. The van der Waals surface area contributed by atoms with Crippen molar-refractivity contribution in [1.82, 2.24) is 9.62 Å². The molecule has 1 N–H and O–H groups in total. The molecule has 1 amide bonds. The van der Waals surface area contributed by atoms with Gasteiger partial charge in [0.05, 0.1) is 12.3 Å². The van der Waals surface area contributed by atoms with E-state index < -0.39 is 16.1 Å². The molecule has 5 nitrogen and oxygen atoms in total. The highest BCUT2D eigenvalue weighted by Gasteiger charge is 2.36. The standard InChI is InChI=1S/C15H22N2O3S/c1-11-6-8-13(9-7-11)12(2)16-15(18)14-5-4-10-17(14)21(3,19)20/h6-9,12,14H,4-5,10H2,1-3H3,(H,16,18)/t12-,14-/m0/s1. The smallest absolute Gasteiger partial charge is 0.238 e. The summed E-state index contributed by atoms with van der Waals surface area (Å²) >= 11 is 0. The van der Waals surface area contributed by atoms with Crippen LogP contribution in [0.1, 0.15) is 36.9 Å². The molecule has 0 spiro atoms. The van der Waals surface area contributed by atoms with E-state index in [0.717, 1.165) is 23.8 Å². The van der Waals surface area contributed by atoms with Crippen molar-refractivity contribution in [1.29, 1.82) is 0 Å². The van der Waals surface area contributed by atoms with Crippen LogP contribution < -0.4 is 5.32 Å². The zero-order chi connectivity index (χ0) is 15.6. The van der Waals surface area contributed by atoms with Gasteiger partial charge in [0.1, 0.15) is 6.04 Å². The zero-order valence-corrected chi connectivity index (χ0v) is 13.5. The van der Waals surface area contributed by atoms with Crippen LogP contribution in [0.4, 0.5) is 0 Å². The van der Waals surface area contributed by atoms with Gasteiger partial charge in [0.2, 0.25) is 15.9 Å². The third kappa shape index (κ3) is 3.83. The molecule has 116 valence electrons. The molecule has 2 rings (SSSR count). The molecule has 0 unspecified atom stereocenters. The third-order valence-corrected chi connectivity index (χ3v) is 5.16. The van der Waals surface area contributed by atoms with Crippen molar-refractivity contribution >= 4 is 15.9 Å². The normalized spacial score (nSPS) is 21.2. The number of benzene rings is 1. The number of carbonyl (C=O) groups is 1. The minimum absolute atomic E-state index is 0.139. The van der Waals surface area contributed by atoms with Gasteiger partial charge in [-0.2, -0.15) is 4.31 Å². The van der Waals surface area contributed by atoms with Crippen molar-refractivity contribution in [2.24, 2.45) is 0 Å². The molecule has 1 aliphatic heterocycles. The number of nitrogens with one attached hydrogen (secondary N) is 1. The van der Waals surface area contributed by atoms with Crippen molar-refractivity contribution in [2.75, 3.05) is 12.8 Å². The molecule has 1 aromatic carbocycles. The van der Waals surface area contributed by atoms with Crippen LogP contribution in [0.3, 0.4) is 0 Å². The van der Waals surface area contributed by atoms with E-state index in [9.17, 15) is 13.2 Å². The molecule has 1 fully saturated rings. The first-order valence-corrected chi connectivity index (χ1v) is 8.97. The minimum atomic E-state index is -3.33. The monoisotopic (exact) mass is 310 g/mol. The van der Waals surface area contributed by atoms with Gasteiger partial charge in [-0.1, -0.05) is 29.8 Å². The maximum absolute atomic E-state index is 12.3. The second-order valence-electron chi connectivity index (χ2n) is 5.67. The molecule has 0 bridgehead atoms. The first kappa shape index (κ1) is 16.0. The van der Waals surface area contributed by atoms with Crippen LogP contribution in [0, 0.1) is 6.92 Å². The molecule has 0 saturated carbocycles.